The van der Waals surface area contributed by atoms with Crippen LogP contribution in [0.3, 0.4) is 0 Å². The van der Waals surface area contributed by atoms with Gasteiger partial charge in [-0.2, -0.15) is 0 Å². The van der Waals surface area contributed by atoms with E-state index in [-0.39, 0.29) is 11.0 Å². The van der Waals surface area contributed by atoms with Crippen LogP contribution >= 0.6 is 0 Å². The molecule has 0 bridgehead atoms. The largest absolute Gasteiger partial charge is 0.393 e. The van der Waals surface area contributed by atoms with Crippen LogP contribution in [-0.4, -0.2) is 44.6 Å². The molecule has 0 aromatic heterocycles. The molecule has 108 valence electrons. The Morgan fingerprint density at radius 1 is 1.26 bits per heavy atom. The second kappa shape index (κ2) is 6.88. The molecule has 2 N–H and O–H groups in total. The second-order valence-electron chi connectivity index (χ2n) is 4.59. The molecule has 6 heteroatoms. The van der Waals surface area contributed by atoms with Crippen molar-refractivity contribution in [3.8, 4) is 0 Å². The molecule has 1 atom stereocenters. The normalized spacial score (nSPS) is 13.5. The topological polar surface area (TPSA) is 69.6 Å². The Bertz CT molecular complexity index is 483. The third-order valence-electron chi connectivity index (χ3n) is 2.91. The van der Waals surface area contributed by atoms with Crippen molar-refractivity contribution in [2.45, 2.75) is 30.8 Å². The maximum absolute atomic E-state index is 11.9. The van der Waals surface area contributed by atoms with Crippen LogP contribution in [0.5, 0.6) is 0 Å². The molecule has 1 rings (SSSR count). The lowest BCUT2D eigenvalue weighted by Crippen LogP contribution is -2.22. The van der Waals surface area contributed by atoms with Gasteiger partial charge in [0.05, 0.1) is 11.0 Å². The summed E-state index contributed by atoms with van der Waals surface area (Å²) in [5.41, 5.74) is 0.848. The Morgan fingerprint density at radius 2 is 1.84 bits per heavy atom. The van der Waals surface area contributed by atoms with E-state index in [4.69, 9.17) is 0 Å². The summed E-state index contributed by atoms with van der Waals surface area (Å²) in [6.07, 6.45) is 1.12. The fraction of sp³-hybridized carbons (Fsp3) is 0.538. The lowest BCUT2D eigenvalue weighted by Gasteiger charge is -2.13. The smallest absolute Gasteiger partial charge is 0.242 e. The molecule has 0 saturated carbocycles. The predicted molar refractivity (Wildman–Crippen MR) is 76.7 cm³/mol. The minimum absolute atomic E-state index is 0.275. The third kappa shape index (κ3) is 4.49. The standard InChI is InChI=1S/C13H22N2O3S/c1-4-12(16)9-10-14-11-5-7-13(8-6-11)19(17,18)15(2)3/h5-8,12,14,16H,4,9-10H2,1-3H3. The molecule has 1 aromatic carbocycles. The Labute approximate surface area is 115 Å². The van der Waals surface area contributed by atoms with E-state index in [2.05, 4.69) is 5.32 Å². The van der Waals surface area contributed by atoms with Crippen LogP contribution in [0.4, 0.5) is 5.69 Å². The monoisotopic (exact) mass is 286 g/mol. The highest BCUT2D eigenvalue weighted by atomic mass is 32.2. The van der Waals surface area contributed by atoms with E-state index in [0.29, 0.717) is 13.0 Å². The Balaban J connectivity index is 2.62. The summed E-state index contributed by atoms with van der Waals surface area (Å²) < 4.78 is 24.9. The van der Waals surface area contributed by atoms with E-state index < -0.39 is 10.0 Å². The van der Waals surface area contributed by atoms with E-state index in [1.165, 1.54) is 18.4 Å². The van der Waals surface area contributed by atoms with Crippen molar-refractivity contribution in [1.82, 2.24) is 4.31 Å². The van der Waals surface area contributed by atoms with E-state index in [1.54, 1.807) is 24.3 Å². The molecular weight excluding hydrogens is 264 g/mol. The van der Waals surface area contributed by atoms with Crippen molar-refractivity contribution in [1.29, 1.82) is 0 Å². The number of aliphatic hydroxyl groups is 1. The van der Waals surface area contributed by atoms with E-state index in [1.807, 2.05) is 6.92 Å². The first kappa shape index (κ1) is 15.9. The molecule has 0 heterocycles. The molecule has 0 amide bonds. The number of benzene rings is 1. The molecule has 0 aliphatic carbocycles. The zero-order valence-corrected chi connectivity index (χ0v) is 12.4. The number of hydrogen-bond acceptors (Lipinski definition) is 4. The van der Waals surface area contributed by atoms with Gasteiger partial charge in [0.15, 0.2) is 0 Å². The maximum Gasteiger partial charge on any atom is 0.242 e. The number of aliphatic hydroxyl groups excluding tert-OH is 1. The molecule has 19 heavy (non-hydrogen) atoms. The van der Waals surface area contributed by atoms with Crippen LogP contribution in [0, 0.1) is 0 Å². The summed E-state index contributed by atoms with van der Waals surface area (Å²) in [5, 5.41) is 12.6. The molecule has 0 fully saturated rings. The average molecular weight is 286 g/mol. The van der Waals surface area contributed by atoms with Gasteiger partial charge in [0.1, 0.15) is 0 Å². The number of hydrogen-bond donors (Lipinski definition) is 2. The quantitative estimate of drug-likeness (QED) is 0.797. The minimum atomic E-state index is -3.37. The zero-order valence-electron chi connectivity index (χ0n) is 11.6. The summed E-state index contributed by atoms with van der Waals surface area (Å²) in [4.78, 5) is 0.275. The summed E-state index contributed by atoms with van der Waals surface area (Å²) in [6, 6.07) is 6.62. The van der Waals surface area contributed by atoms with Crippen LogP contribution in [0.25, 0.3) is 0 Å². The first-order valence-corrected chi connectivity index (χ1v) is 7.76. The summed E-state index contributed by atoms with van der Waals surface area (Å²) in [6.45, 7) is 2.60. The number of rotatable bonds is 7. The van der Waals surface area contributed by atoms with Gasteiger partial charge in [0.25, 0.3) is 0 Å². The Hall–Kier alpha value is -1.11. The lowest BCUT2D eigenvalue weighted by atomic mass is 10.2. The van der Waals surface area contributed by atoms with Crippen molar-refractivity contribution in [3.63, 3.8) is 0 Å². The minimum Gasteiger partial charge on any atom is -0.393 e. The maximum atomic E-state index is 11.9. The lowest BCUT2D eigenvalue weighted by molar-refractivity contribution is 0.164. The van der Waals surface area contributed by atoms with Gasteiger partial charge in [-0.05, 0) is 37.1 Å². The molecule has 0 spiro atoms. The van der Waals surface area contributed by atoms with Gasteiger partial charge < -0.3 is 10.4 Å². The molecule has 0 saturated heterocycles. The molecule has 5 nitrogen and oxygen atoms in total. The second-order valence-corrected chi connectivity index (χ2v) is 6.74. The van der Waals surface area contributed by atoms with Gasteiger partial charge in [-0.3, -0.25) is 0 Å². The highest BCUT2D eigenvalue weighted by Gasteiger charge is 2.16. The fourth-order valence-electron chi connectivity index (χ4n) is 1.54. The van der Waals surface area contributed by atoms with Crippen molar-refractivity contribution in [3.05, 3.63) is 24.3 Å². The molecule has 0 aliphatic rings. The first-order chi connectivity index (χ1) is 8.87. The van der Waals surface area contributed by atoms with Gasteiger partial charge in [0, 0.05) is 26.3 Å². The zero-order chi connectivity index (χ0) is 14.5. The van der Waals surface area contributed by atoms with Crippen LogP contribution in [0.15, 0.2) is 29.2 Å². The Kier molecular flexibility index (Phi) is 5.78. The summed E-state index contributed by atoms with van der Waals surface area (Å²) >= 11 is 0. The molecular formula is C13H22N2O3S. The van der Waals surface area contributed by atoms with Gasteiger partial charge in [-0.1, -0.05) is 6.92 Å². The number of nitrogens with zero attached hydrogens (tertiary/aromatic N) is 1. The van der Waals surface area contributed by atoms with Gasteiger partial charge in [0.2, 0.25) is 10.0 Å². The third-order valence-corrected chi connectivity index (χ3v) is 4.74. The van der Waals surface area contributed by atoms with Crippen LogP contribution < -0.4 is 5.32 Å². The molecule has 1 aromatic rings. The van der Waals surface area contributed by atoms with Crippen LogP contribution in [-0.2, 0) is 10.0 Å². The predicted octanol–water partition coefficient (Wildman–Crippen LogP) is 1.51. The van der Waals surface area contributed by atoms with Crippen molar-refractivity contribution in [2.24, 2.45) is 0 Å². The number of nitrogens with one attached hydrogen (secondary N) is 1. The highest BCUT2D eigenvalue weighted by molar-refractivity contribution is 7.89. The number of sulfonamides is 1. The first-order valence-electron chi connectivity index (χ1n) is 6.32. The summed E-state index contributed by atoms with van der Waals surface area (Å²) in [7, 11) is -0.351. The fourth-order valence-corrected chi connectivity index (χ4v) is 2.44. The SMILES string of the molecule is CCC(O)CCNc1ccc(S(=O)(=O)N(C)C)cc1. The van der Waals surface area contributed by atoms with Gasteiger partial charge in [-0.25, -0.2) is 12.7 Å². The van der Waals surface area contributed by atoms with Crippen molar-refractivity contribution < 1.29 is 13.5 Å². The van der Waals surface area contributed by atoms with E-state index in [0.717, 1.165) is 12.1 Å². The molecule has 1 unspecified atom stereocenters. The van der Waals surface area contributed by atoms with Crippen molar-refractivity contribution >= 4 is 15.7 Å². The summed E-state index contributed by atoms with van der Waals surface area (Å²) in [5.74, 6) is 0. The molecule has 0 aliphatic heterocycles. The van der Waals surface area contributed by atoms with Crippen LogP contribution in [0.2, 0.25) is 0 Å². The Morgan fingerprint density at radius 3 is 2.32 bits per heavy atom. The van der Waals surface area contributed by atoms with Crippen molar-refractivity contribution in [2.75, 3.05) is 26.0 Å². The number of anilines is 1. The van der Waals surface area contributed by atoms with E-state index in [9.17, 15) is 13.5 Å². The van der Waals surface area contributed by atoms with E-state index >= 15 is 0 Å². The van der Waals surface area contributed by atoms with Gasteiger partial charge >= 0.3 is 0 Å². The average Bonchev–Trinajstić information content (AvgIpc) is 2.39. The van der Waals surface area contributed by atoms with Crippen LogP contribution in [0.1, 0.15) is 19.8 Å². The van der Waals surface area contributed by atoms with Gasteiger partial charge in [-0.15, -0.1) is 0 Å². The molecule has 0 radical (unpaired) electrons. The highest BCUT2D eigenvalue weighted by Crippen LogP contribution is 2.16.